The van der Waals surface area contributed by atoms with Gasteiger partial charge in [0.05, 0.1) is 0 Å². The molecule has 352 valence electrons. The Hall–Kier alpha value is -2.89. The van der Waals surface area contributed by atoms with Gasteiger partial charge in [0, 0.05) is 19.3 Å². The first kappa shape index (κ1) is 58.1. The zero-order valence-electron chi connectivity index (χ0n) is 40.2. The first-order valence-corrected chi connectivity index (χ1v) is 25.8. The molecule has 0 aromatic rings. The van der Waals surface area contributed by atoms with Gasteiger partial charge in [-0.1, -0.05) is 210 Å². The van der Waals surface area contributed by atoms with Crippen LogP contribution in [-0.4, -0.2) is 37.2 Å². The first-order valence-electron chi connectivity index (χ1n) is 25.8. The second-order valence-corrected chi connectivity index (χ2v) is 17.1. The minimum absolute atomic E-state index is 0.0792. The largest absolute Gasteiger partial charge is 0.462 e. The highest BCUT2D eigenvalue weighted by molar-refractivity contribution is 5.71. The van der Waals surface area contributed by atoms with Crippen LogP contribution in [0.3, 0.4) is 0 Å². The summed E-state index contributed by atoms with van der Waals surface area (Å²) in [5, 5.41) is 0. The summed E-state index contributed by atoms with van der Waals surface area (Å²) in [5.74, 6) is -0.899. The minimum atomic E-state index is -0.777. The second kappa shape index (κ2) is 49.8. The third kappa shape index (κ3) is 48.0. The molecule has 0 aliphatic rings. The second-order valence-electron chi connectivity index (χ2n) is 17.1. The maximum Gasteiger partial charge on any atom is 0.306 e. The fourth-order valence-electron chi connectivity index (χ4n) is 7.13. The zero-order valence-corrected chi connectivity index (χ0v) is 40.2. The van der Waals surface area contributed by atoms with Crippen LogP contribution in [-0.2, 0) is 28.6 Å². The molecular formula is C55H96O6. The maximum atomic E-state index is 12.7. The molecule has 6 heteroatoms. The van der Waals surface area contributed by atoms with Crippen LogP contribution in [0, 0.1) is 0 Å². The van der Waals surface area contributed by atoms with Crippen molar-refractivity contribution in [2.75, 3.05) is 13.2 Å². The minimum Gasteiger partial charge on any atom is -0.462 e. The van der Waals surface area contributed by atoms with Crippen LogP contribution in [0.4, 0.5) is 0 Å². The lowest BCUT2D eigenvalue weighted by Gasteiger charge is -2.18. The normalized spacial score (nSPS) is 12.5. The summed E-state index contributed by atoms with van der Waals surface area (Å²) in [6.07, 6.45) is 60.8. The molecule has 0 aromatic heterocycles. The summed E-state index contributed by atoms with van der Waals surface area (Å²) < 4.78 is 16.7. The van der Waals surface area contributed by atoms with Gasteiger partial charge in [-0.3, -0.25) is 14.4 Å². The van der Waals surface area contributed by atoms with Gasteiger partial charge in [0.1, 0.15) is 13.2 Å². The standard InChI is InChI=1S/C55H96O6/c1-4-7-10-13-16-18-20-22-24-25-26-27-28-29-31-32-34-36-39-42-45-48-54(57)60-51-52(50-59-53(56)47-44-41-38-15-12-9-6-3)61-55(58)49-46-43-40-37-35-33-30-23-21-19-17-14-11-8-5-2/h7,10,16,18,22-24,26-27,30,52H,4-6,8-9,11-15,17,19-21,25,28-29,31-51H2,1-3H3/b10-7-,18-16-,24-22-,27-26-,30-23-. The van der Waals surface area contributed by atoms with E-state index in [0.29, 0.717) is 19.3 Å². The molecule has 1 atom stereocenters. The van der Waals surface area contributed by atoms with E-state index in [-0.39, 0.29) is 31.1 Å². The molecule has 0 rings (SSSR count). The number of allylic oxidation sites excluding steroid dienone is 10. The SMILES string of the molecule is CC/C=C\C/C=C\C/C=C\C/C=C\CCCCCCCCCCC(=O)OCC(COC(=O)CCCCCCCCC)OC(=O)CCCCCCC/C=C\CCCCCCCC. The van der Waals surface area contributed by atoms with Gasteiger partial charge < -0.3 is 14.2 Å². The Morgan fingerprint density at radius 1 is 0.344 bits per heavy atom. The Morgan fingerprint density at radius 3 is 1.02 bits per heavy atom. The molecular weight excluding hydrogens is 757 g/mol. The van der Waals surface area contributed by atoms with Crippen molar-refractivity contribution in [2.24, 2.45) is 0 Å². The third-order valence-electron chi connectivity index (χ3n) is 11.0. The summed E-state index contributed by atoms with van der Waals surface area (Å²) in [7, 11) is 0. The molecule has 0 saturated carbocycles. The number of esters is 3. The molecule has 0 aliphatic carbocycles. The molecule has 0 amide bonds. The van der Waals surface area contributed by atoms with Crippen LogP contribution in [0.15, 0.2) is 60.8 Å². The highest BCUT2D eigenvalue weighted by Crippen LogP contribution is 2.14. The van der Waals surface area contributed by atoms with Gasteiger partial charge >= 0.3 is 17.9 Å². The van der Waals surface area contributed by atoms with Crippen LogP contribution in [0.25, 0.3) is 0 Å². The number of rotatable bonds is 46. The van der Waals surface area contributed by atoms with Crippen molar-refractivity contribution in [3.8, 4) is 0 Å². The predicted octanol–water partition coefficient (Wildman–Crippen LogP) is 16.9. The van der Waals surface area contributed by atoms with E-state index in [1.807, 2.05) is 0 Å². The number of hydrogen-bond acceptors (Lipinski definition) is 6. The fourth-order valence-corrected chi connectivity index (χ4v) is 7.13. The summed E-state index contributed by atoms with van der Waals surface area (Å²) in [6, 6.07) is 0. The Balaban J connectivity index is 4.25. The molecule has 6 nitrogen and oxygen atoms in total. The van der Waals surface area contributed by atoms with Crippen LogP contribution in [0.5, 0.6) is 0 Å². The lowest BCUT2D eigenvalue weighted by molar-refractivity contribution is -0.167. The Morgan fingerprint density at radius 2 is 0.639 bits per heavy atom. The fraction of sp³-hybridized carbons (Fsp3) is 0.764. The summed E-state index contributed by atoms with van der Waals surface area (Å²) in [4.78, 5) is 37.8. The van der Waals surface area contributed by atoms with Gasteiger partial charge in [-0.05, 0) is 83.5 Å². The molecule has 0 fully saturated rings. The molecule has 0 bridgehead atoms. The lowest BCUT2D eigenvalue weighted by atomic mass is 10.1. The smallest absolute Gasteiger partial charge is 0.306 e. The zero-order chi connectivity index (χ0) is 44.4. The highest BCUT2D eigenvalue weighted by Gasteiger charge is 2.19. The van der Waals surface area contributed by atoms with E-state index in [1.54, 1.807) is 0 Å². The molecule has 61 heavy (non-hydrogen) atoms. The number of carbonyl (C=O) groups excluding carboxylic acids is 3. The van der Waals surface area contributed by atoms with Crippen LogP contribution >= 0.6 is 0 Å². The molecule has 1 unspecified atom stereocenters. The number of ether oxygens (including phenoxy) is 3. The quantitative estimate of drug-likeness (QED) is 0.0263. The Kier molecular flexibility index (Phi) is 47.4. The number of hydrogen-bond donors (Lipinski definition) is 0. The monoisotopic (exact) mass is 853 g/mol. The maximum absolute atomic E-state index is 12.7. The average molecular weight is 853 g/mol. The van der Waals surface area contributed by atoms with Crippen molar-refractivity contribution in [1.29, 1.82) is 0 Å². The molecule has 0 radical (unpaired) electrons. The van der Waals surface area contributed by atoms with Crippen molar-refractivity contribution in [1.82, 2.24) is 0 Å². The van der Waals surface area contributed by atoms with Crippen molar-refractivity contribution < 1.29 is 28.6 Å². The van der Waals surface area contributed by atoms with Crippen LogP contribution in [0.1, 0.15) is 252 Å². The van der Waals surface area contributed by atoms with Gasteiger partial charge in [0.15, 0.2) is 6.10 Å². The van der Waals surface area contributed by atoms with Gasteiger partial charge in [-0.15, -0.1) is 0 Å². The van der Waals surface area contributed by atoms with Crippen molar-refractivity contribution in [3.05, 3.63) is 60.8 Å². The molecule has 0 spiro atoms. The molecule has 0 aromatic carbocycles. The average Bonchev–Trinajstić information content (AvgIpc) is 3.26. The van der Waals surface area contributed by atoms with Crippen molar-refractivity contribution in [3.63, 3.8) is 0 Å². The van der Waals surface area contributed by atoms with Gasteiger partial charge in [-0.25, -0.2) is 0 Å². The number of carbonyl (C=O) groups is 3. The number of unbranched alkanes of at least 4 members (excludes halogenated alkanes) is 25. The summed E-state index contributed by atoms with van der Waals surface area (Å²) in [6.45, 7) is 6.47. The lowest BCUT2D eigenvalue weighted by Crippen LogP contribution is -2.30. The van der Waals surface area contributed by atoms with Crippen molar-refractivity contribution in [2.45, 2.75) is 258 Å². The van der Waals surface area contributed by atoms with Crippen molar-refractivity contribution >= 4 is 17.9 Å². The van der Waals surface area contributed by atoms with Crippen LogP contribution < -0.4 is 0 Å². The molecule has 0 saturated heterocycles. The van der Waals surface area contributed by atoms with E-state index in [2.05, 4.69) is 81.5 Å². The topological polar surface area (TPSA) is 78.9 Å². The Labute approximate surface area is 377 Å². The van der Waals surface area contributed by atoms with Gasteiger partial charge in [0.25, 0.3) is 0 Å². The van der Waals surface area contributed by atoms with E-state index in [0.717, 1.165) is 103 Å². The third-order valence-corrected chi connectivity index (χ3v) is 11.0. The first-order chi connectivity index (χ1) is 30.0. The highest BCUT2D eigenvalue weighted by atomic mass is 16.6. The molecule has 0 aliphatic heterocycles. The van der Waals surface area contributed by atoms with Gasteiger partial charge in [-0.2, -0.15) is 0 Å². The molecule has 0 heterocycles. The van der Waals surface area contributed by atoms with Gasteiger partial charge in [0.2, 0.25) is 0 Å². The van der Waals surface area contributed by atoms with E-state index in [1.165, 1.54) is 109 Å². The molecule has 0 N–H and O–H groups in total. The van der Waals surface area contributed by atoms with E-state index < -0.39 is 6.10 Å². The summed E-state index contributed by atoms with van der Waals surface area (Å²) >= 11 is 0. The van der Waals surface area contributed by atoms with E-state index in [4.69, 9.17) is 14.2 Å². The predicted molar refractivity (Wildman–Crippen MR) is 261 cm³/mol. The Bertz CT molecular complexity index is 1120. The summed E-state index contributed by atoms with van der Waals surface area (Å²) in [5.41, 5.74) is 0. The van der Waals surface area contributed by atoms with Crippen LogP contribution in [0.2, 0.25) is 0 Å². The van der Waals surface area contributed by atoms with E-state index in [9.17, 15) is 14.4 Å². The van der Waals surface area contributed by atoms with E-state index >= 15 is 0 Å².